The zero-order valence-corrected chi connectivity index (χ0v) is 13.1. The van der Waals surface area contributed by atoms with Gasteiger partial charge in [0.1, 0.15) is 0 Å². The second-order valence-electron chi connectivity index (χ2n) is 6.08. The SMILES string of the molecule is O=C(NCCC1=CCCCC1)c1cnc(N2CCCC2)nc1. The van der Waals surface area contributed by atoms with E-state index in [0.29, 0.717) is 12.1 Å². The molecule has 0 spiro atoms. The standard InChI is InChI=1S/C17H24N4O/c22-16(18-9-8-14-6-2-1-3-7-14)15-12-19-17(20-13-15)21-10-4-5-11-21/h6,12-13H,1-5,7-11H2,(H,18,22). The van der Waals surface area contributed by atoms with E-state index in [-0.39, 0.29) is 5.91 Å². The summed E-state index contributed by atoms with van der Waals surface area (Å²) >= 11 is 0. The quantitative estimate of drug-likeness (QED) is 0.849. The molecule has 0 aromatic carbocycles. The van der Waals surface area contributed by atoms with Gasteiger partial charge in [-0.15, -0.1) is 0 Å². The molecule has 0 radical (unpaired) electrons. The van der Waals surface area contributed by atoms with E-state index in [1.807, 2.05) is 0 Å². The number of hydrogen-bond acceptors (Lipinski definition) is 4. The number of carbonyl (C=O) groups is 1. The molecule has 3 rings (SSSR count). The highest BCUT2D eigenvalue weighted by atomic mass is 16.1. The molecule has 0 saturated carbocycles. The molecule has 0 atom stereocenters. The summed E-state index contributed by atoms with van der Waals surface area (Å²) in [6.45, 7) is 2.72. The second kappa shape index (κ2) is 7.38. The number of hydrogen-bond donors (Lipinski definition) is 1. The minimum Gasteiger partial charge on any atom is -0.352 e. The summed E-state index contributed by atoms with van der Waals surface area (Å²) < 4.78 is 0. The van der Waals surface area contributed by atoms with Gasteiger partial charge in [-0.2, -0.15) is 0 Å². The highest BCUT2D eigenvalue weighted by Gasteiger charge is 2.15. The number of carbonyl (C=O) groups excluding carboxylic acids is 1. The molecule has 1 aliphatic carbocycles. The Kier molecular flexibility index (Phi) is 5.03. The van der Waals surface area contributed by atoms with Gasteiger partial charge in [-0.05, 0) is 44.9 Å². The van der Waals surface area contributed by atoms with Crippen LogP contribution in [-0.4, -0.2) is 35.5 Å². The third kappa shape index (κ3) is 3.84. The highest BCUT2D eigenvalue weighted by Crippen LogP contribution is 2.19. The molecule has 118 valence electrons. The molecule has 2 aliphatic rings. The average molecular weight is 300 g/mol. The predicted molar refractivity (Wildman–Crippen MR) is 87.0 cm³/mol. The summed E-state index contributed by atoms with van der Waals surface area (Å²) in [6, 6.07) is 0. The van der Waals surface area contributed by atoms with Crippen LogP contribution < -0.4 is 10.2 Å². The zero-order chi connectivity index (χ0) is 15.2. The molecule has 1 fully saturated rings. The van der Waals surface area contributed by atoms with E-state index in [1.165, 1.54) is 44.1 Å². The number of amides is 1. The first kappa shape index (κ1) is 15.0. The summed E-state index contributed by atoms with van der Waals surface area (Å²) in [7, 11) is 0. The number of nitrogens with one attached hydrogen (secondary N) is 1. The normalized spacial score (nSPS) is 18.2. The van der Waals surface area contributed by atoms with Crippen molar-refractivity contribution in [2.45, 2.75) is 44.9 Å². The van der Waals surface area contributed by atoms with Gasteiger partial charge in [-0.25, -0.2) is 9.97 Å². The molecule has 1 aliphatic heterocycles. The van der Waals surface area contributed by atoms with Crippen molar-refractivity contribution in [1.82, 2.24) is 15.3 Å². The first-order valence-electron chi connectivity index (χ1n) is 8.36. The van der Waals surface area contributed by atoms with Crippen LogP contribution in [-0.2, 0) is 0 Å². The Bertz CT molecular complexity index is 532. The molecule has 1 aromatic rings. The van der Waals surface area contributed by atoms with Crippen LogP contribution in [0.4, 0.5) is 5.95 Å². The maximum Gasteiger partial charge on any atom is 0.254 e. The summed E-state index contributed by atoms with van der Waals surface area (Å²) in [5.74, 6) is 0.658. The fourth-order valence-corrected chi connectivity index (χ4v) is 3.09. The molecular weight excluding hydrogens is 276 g/mol. The van der Waals surface area contributed by atoms with Gasteiger partial charge in [0.15, 0.2) is 0 Å². The summed E-state index contributed by atoms with van der Waals surface area (Å²) in [5.41, 5.74) is 2.02. The summed E-state index contributed by atoms with van der Waals surface area (Å²) in [6.07, 6.45) is 13.9. The van der Waals surface area contributed by atoms with Gasteiger partial charge in [0.25, 0.3) is 5.91 Å². The van der Waals surface area contributed by atoms with Gasteiger partial charge < -0.3 is 10.2 Å². The fourth-order valence-electron chi connectivity index (χ4n) is 3.09. The first-order chi connectivity index (χ1) is 10.8. The molecule has 0 bridgehead atoms. The molecule has 1 N–H and O–H groups in total. The van der Waals surface area contributed by atoms with Gasteiger partial charge in [-0.3, -0.25) is 4.79 Å². The molecule has 2 heterocycles. The molecule has 1 saturated heterocycles. The number of allylic oxidation sites excluding steroid dienone is 1. The topological polar surface area (TPSA) is 58.1 Å². The van der Waals surface area contributed by atoms with Crippen molar-refractivity contribution < 1.29 is 4.79 Å². The van der Waals surface area contributed by atoms with E-state index in [0.717, 1.165) is 25.5 Å². The van der Waals surface area contributed by atoms with Crippen molar-refractivity contribution >= 4 is 11.9 Å². The van der Waals surface area contributed by atoms with Gasteiger partial charge in [0.2, 0.25) is 5.95 Å². The Balaban J connectivity index is 1.48. The van der Waals surface area contributed by atoms with E-state index in [1.54, 1.807) is 12.4 Å². The summed E-state index contributed by atoms with van der Waals surface area (Å²) in [5, 5.41) is 2.96. The van der Waals surface area contributed by atoms with Crippen molar-refractivity contribution in [2.24, 2.45) is 0 Å². The minimum absolute atomic E-state index is 0.0793. The monoisotopic (exact) mass is 300 g/mol. The first-order valence-corrected chi connectivity index (χ1v) is 8.36. The van der Waals surface area contributed by atoms with E-state index in [2.05, 4.69) is 26.3 Å². The van der Waals surface area contributed by atoms with Crippen LogP contribution in [0.25, 0.3) is 0 Å². The van der Waals surface area contributed by atoms with Crippen LogP contribution in [0.3, 0.4) is 0 Å². The number of rotatable bonds is 5. The van der Waals surface area contributed by atoms with Crippen molar-refractivity contribution in [2.75, 3.05) is 24.5 Å². The smallest absolute Gasteiger partial charge is 0.254 e. The Labute approximate surface area is 131 Å². The Hall–Kier alpha value is -1.91. The van der Waals surface area contributed by atoms with Gasteiger partial charge >= 0.3 is 0 Å². The second-order valence-corrected chi connectivity index (χ2v) is 6.08. The van der Waals surface area contributed by atoms with Gasteiger partial charge in [-0.1, -0.05) is 11.6 Å². The molecule has 1 amide bonds. The van der Waals surface area contributed by atoms with Gasteiger partial charge in [0.05, 0.1) is 5.56 Å². The molecule has 1 aromatic heterocycles. The van der Waals surface area contributed by atoms with E-state index >= 15 is 0 Å². The molecule has 5 nitrogen and oxygen atoms in total. The molecule has 0 unspecified atom stereocenters. The Morgan fingerprint density at radius 3 is 2.59 bits per heavy atom. The maximum absolute atomic E-state index is 12.1. The molecule has 5 heteroatoms. The number of nitrogens with zero attached hydrogens (tertiary/aromatic N) is 3. The van der Waals surface area contributed by atoms with Crippen molar-refractivity contribution in [1.29, 1.82) is 0 Å². The fraction of sp³-hybridized carbons (Fsp3) is 0.588. The average Bonchev–Trinajstić information content (AvgIpc) is 3.10. The van der Waals surface area contributed by atoms with Crippen molar-refractivity contribution in [3.63, 3.8) is 0 Å². The Morgan fingerprint density at radius 2 is 1.91 bits per heavy atom. The molecule has 22 heavy (non-hydrogen) atoms. The third-order valence-corrected chi connectivity index (χ3v) is 4.41. The van der Waals surface area contributed by atoms with Crippen LogP contribution in [0.1, 0.15) is 55.3 Å². The third-order valence-electron chi connectivity index (χ3n) is 4.41. The molecular formula is C17H24N4O. The van der Waals surface area contributed by atoms with Crippen LogP contribution >= 0.6 is 0 Å². The van der Waals surface area contributed by atoms with E-state index in [9.17, 15) is 4.79 Å². The number of aromatic nitrogens is 2. The van der Waals surface area contributed by atoms with E-state index < -0.39 is 0 Å². The maximum atomic E-state index is 12.1. The van der Waals surface area contributed by atoms with Crippen molar-refractivity contribution in [3.8, 4) is 0 Å². The lowest BCUT2D eigenvalue weighted by molar-refractivity contribution is 0.0953. The largest absolute Gasteiger partial charge is 0.352 e. The summed E-state index contributed by atoms with van der Waals surface area (Å²) in [4.78, 5) is 22.9. The lowest BCUT2D eigenvalue weighted by Gasteiger charge is -2.15. The minimum atomic E-state index is -0.0793. The van der Waals surface area contributed by atoms with Crippen molar-refractivity contribution in [3.05, 3.63) is 29.6 Å². The predicted octanol–water partition coefficient (Wildman–Crippen LogP) is 2.70. The van der Waals surface area contributed by atoms with E-state index in [4.69, 9.17) is 0 Å². The van der Waals surface area contributed by atoms with Crippen LogP contribution in [0.2, 0.25) is 0 Å². The van der Waals surface area contributed by atoms with Crippen LogP contribution in [0.5, 0.6) is 0 Å². The van der Waals surface area contributed by atoms with Crippen LogP contribution in [0, 0.1) is 0 Å². The lowest BCUT2D eigenvalue weighted by atomic mass is 9.97. The zero-order valence-electron chi connectivity index (χ0n) is 13.1. The highest BCUT2D eigenvalue weighted by molar-refractivity contribution is 5.93. The number of anilines is 1. The van der Waals surface area contributed by atoms with Gasteiger partial charge in [0, 0.05) is 32.0 Å². The lowest BCUT2D eigenvalue weighted by Crippen LogP contribution is -2.26. The Morgan fingerprint density at radius 1 is 1.14 bits per heavy atom. The van der Waals surface area contributed by atoms with Crippen LogP contribution in [0.15, 0.2) is 24.0 Å².